The molecular formula is C28H34N4O2S. The molecule has 1 saturated heterocycles. The van der Waals surface area contributed by atoms with Crippen LogP contribution in [0.1, 0.15) is 66.7 Å². The molecule has 0 aromatic carbocycles. The molecule has 1 amide bonds. The highest BCUT2D eigenvalue weighted by atomic mass is 32.1. The van der Waals surface area contributed by atoms with Gasteiger partial charge in [-0.2, -0.15) is 0 Å². The molecule has 0 bridgehead atoms. The number of carbonyl (C=O) groups is 1. The van der Waals surface area contributed by atoms with Crippen molar-refractivity contribution in [1.82, 2.24) is 19.9 Å². The lowest BCUT2D eigenvalue weighted by Crippen LogP contribution is -2.25. The number of hydrogen-bond acceptors (Lipinski definition) is 5. The van der Waals surface area contributed by atoms with Gasteiger partial charge in [0.1, 0.15) is 5.01 Å². The summed E-state index contributed by atoms with van der Waals surface area (Å²) in [7, 11) is 0. The molecule has 0 spiro atoms. The minimum Gasteiger partial charge on any atom is -0.376 e. The van der Waals surface area contributed by atoms with Crippen LogP contribution < -0.4 is 5.32 Å². The molecule has 3 aromatic rings. The molecule has 0 radical (unpaired) electrons. The first-order chi connectivity index (χ1) is 17.1. The Labute approximate surface area is 211 Å². The Morgan fingerprint density at radius 3 is 2.91 bits per heavy atom. The van der Waals surface area contributed by atoms with Crippen molar-refractivity contribution in [2.45, 2.75) is 71.4 Å². The number of aromatic nitrogens is 3. The van der Waals surface area contributed by atoms with Crippen LogP contribution in [0.4, 0.5) is 0 Å². The number of aryl methyl sites for hydroxylation is 1. The van der Waals surface area contributed by atoms with Crippen LogP contribution in [0.15, 0.2) is 41.4 Å². The van der Waals surface area contributed by atoms with E-state index in [1.54, 1.807) is 11.3 Å². The molecule has 184 valence electrons. The molecule has 1 N–H and O–H groups in total. The van der Waals surface area contributed by atoms with Crippen molar-refractivity contribution in [1.29, 1.82) is 0 Å². The Morgan fingerprint density at radius 2 is 2.17 bits per heavy atom. The molecule has 1 aliphatic heterocycles. The summed E-state index contributed by atoms with van der Waals surface area (Å²) >= 11 is 1.61. The second-order valence-electron chi connectivity index (χ2n) is 9.61. The summed E-state index contributed by atoms with van der Waals surface area (Å²) in [6.45, 7) is 6.24. The molecule has 6 nitrogen and oxygen atoms in total. The van der Waals surface area contributed by atoms with Crippen molar-refractivity contribution in [3.63, 3.8) is 0 Å². The van der Waals surface area contributed by atoms with Gasteiger partial charge in [0.05, 0.1) is 23.1 Å². The van der Waals surface area contributed by atoms with Gasteiger partial charge in [-0.25, -0.2) is 4.98 Å². The Bertz CT molecular complexity index is 1200. The second-order valence-corrected chi connectivity index (χ2v) is 10.5. The molecule has 3 aromatic heterocycles. The van der Waals surface area contributed by atoms with Gasteiger partial charge in [0.2, 0.25) is 0 Å². The van der Waals surface area contributed by atoms with Gasteiger partial charge in [0, 0.05) is 48.2 Å². The van der Waals surface area contributed by atoms with E-state index in [9.17, 15) is 4.79 Å². The van der Waals surface area contributed by atoms with Crippen LogP contribution in [-0.4, -0.2) is 39.7 Å². The fraction of sp³-hybridized carbons (Fsp3) is 0.464. The molecule has 5 rings (SSSR count). The van der Waals surface area contributed by atoms with Crippen molar-refractivity contribution >= 4 is 17.2 Å². The van der Waals surface area contributed by atoms with Crippen LogP contribution in [0.2, 0.25) is 0 Å². The van der Waals surface area contributed by atoms with Crippen molar-refractivity contribution < 1.29 is 9.53 Å². The maximum Gasteiger partial charge on any atom is 0.253 e. The number of thiazole rings is 1. The number of pyridine rings is 1. The Hall–Kier alpha value is -2.77. The summed E-state index contributed by atoms with van der Waals surface area (Å²) in [5.74, 6) is -0.00978. The van der Waals surface area contributed by atoms with Gasteiger partial charge in [0.15, 0.2) is 0 Å². The first-order valence-corrected chi connectivity index (χ1v) is 13.6. The van der Waals surface area contributed by atoms with Crippen LogP contribution in [0.5, 0.6) is 0 Å². The van der Waals surface area contributed by atoms with E-state index in [0.717, 1.165) is 71.3 Å². The average molecular weight is 491 g/mol. The van der Waals surface area contributed by atoms with Crippen molar-refractivity contribution in [3.05, 3.63) is 58.4 Å². The van der Waals surface area contributed by atoms with Gasteiger partial charge in [-0.1, -0.05) is 11.6 Å². The predicted octanol–water partition coefficient (Wildman–Crippen LogP) is 6.09. The summed E-state index contributed by atoms with van der Waals surface area (Å²) in [5, 5.41) is 6.17. The van der Waals surface area contributed by atoms with E-state index in [1.807, 2.05) is 32.2 Å². The number of ether oxygens (including phenoxy) is 1. The molecule has 1 aliphatic carbocycles. The average Bonchev–Trinajstić information content (AvgIpc) is 3.62. The molecule has 1 atom stereocenters. The fourth-order valence-electron chi connectivity index (χ4n) is 5.00. The maximum atomic E-state index is 13.2. The number of amides is 1. The van der Waals surface area contributed by atoms with E-state index in [2.05, 4.69) is 32.4 Å². The third kappa shape index (κ3) is 5.57. The lowest BCUT2D eigenvalue weighted by atomic mass is 9.97. The molecule has 2 aliphatic rings. The van der Waals surface area contributed by atoms with Crippen LogP contribution in [-0.2, 0) is 11.3 Å². The SMILES string of the molecule is Cc1ccc(-c2nc(-c3cc(C(=O)NCCC4=CCCCC4)c(C)n3CC3CCCO3)cs2)cn1. The zero-order valence-electron chi connectivity index (χ0n) is 20.7. The minimum absolute atomic E-state index is 0.00978. The summed E-state index contributed by atoms with van der Waals surface area (Å²) < 4.78 is 8.16. The molecule has 7 heteroatoms. The number of nitrogens with one attached hydrogen (secondary N) is 1. The number of carbonyl (C=O) groups excluding carboxylic acids is 1. The highest BCUT2D eigenvalue weighted by molar-refractivity contribution is 7.13. The van der Waals surface area contributed by atoms with Gasteiger partial charge < -0.3 is 14.6 Å². The van der Waals surface area contributed by atoms with Crippen LogP contribution in [0.3, 0.4) is 0 Å². The molecule has 35 heavy (non-hydrogen) atoms. The normalized spacial score (nSPS) is 18.0. The highest BCUT2D eigenvalue weighted by Crippen LogP contribution is 2.32. The quantitative estimate of drug-likeness (QED) is 0.388. The Kier molecular flexibility index (Phi) is 7.44. The zero-order chi connectivity index (χ0) is 24.2. The third-order valence-electron chi connectivity index (χ3n) is 7.06. The molecule has 1 fully saturated rings. The van der Waals surface area contributed by atoms with Crippen LogP contribution >= 0.6 is 11.3 Å². The van der Waals surface area contributed by atoms with Gasteiger partial charge in [-0.15, -0.1) is 11.3 Å². The monoisotopic (exact) mass is 490 g/mol. The van der Waals surface area contributed by atoms with Crippen LogP contribution in [0.25, 0.3) is 22.0 Å². The van der Waals surface area contributed by atoms with Crippen molar-refractivity contribution in [2.24, 2.45) is 0 Å². The Morgan fingerprint density at radius 1 is 1.26 bits per heavy atom. The third-order valence-corrected chi connectivity index (χ3v) is 7.95. The predicted molar refractivity (Wildman–Crippen MR) is 141 cm³/mol. The lowest BCUT2D eigenvalue weighted by Gasteiger charge is -2.16. The number of nitrogens with zero attached hydrogens (tertiary/aromatic N) is 3. The topological polar surface area (TPSA) is 69.0 Å². The minimum atomic E-state index is -0.00978. The lowest BCUT2D eigenvalue weighted by molar-refractivity contribution is 0.0941. The summed E-state index contributed by atoms with van der Waals surface area (Å²) in [4.78, 5) is 22.5. The first kappa shape index (κ1) is 23.9. The standard InChI is InChI=1S/C28H34N4O2S/c1-19-10-11-22(16-30-19)28-31-25(18-35-28)26-15-24(20(2)32(26)17-23-9-6-14-34-23)27(33)29-13-12-21-7-4-3-5-8-21/h7,10-11,15-16,18,23H,3-6,8-9,12-14,17H2,1-2H3,(H,29,33). The molecule has 0 saturated carbocycles. The summed E-state index contributed by atoms with van der Waals surface area (Å²) in [5.41, 5.74) is 7.03. The van der Waals surface area contributed by atoms with Gasteiger partial charge in [-0.3, -0.25) is 9.78 Å². The van der Waals surface area contributed by atoms with E-state index < -0.39 is 0 Å². The molecule has 4 heterocycles. The second kappa shape index (κ2) is 10.9. The number of allylic oxidation sites excluding steroid dienone is 1. The molecule has 1 unspecified atom stereocenters. The summed E-state index contributed by atoms with van der Waals surface area (Å²) in [6.07, 6.45) is 12.4. The highest BCUT2D eigenvalue weighted by Gasteiger charge is 2.24. The summed E-state index contributed by atoms with van der Waals surface area (Å²) in [6, 6.07) is 6.07. The van der Waals surface area contributed by atoms with E-state index in [0.29, 0.717) is 6.54 Å². The Balaban J connectivity index is 1.39. The maximum absolute atomic E-state index is 13.2. The fourth-order valence-corrected chi connectivity index (χ4v) is 5.80. The van der Waals surface area contributed by atoms with E-state index in [4.69, 9.17) is 9.72 Å². The first-order valence-electron chi connectivity index (χ1n) is 12.8. The van der Waals surface area contributed by atoms with Gasteiger partial charge in [0.25, 0.3) is 5.91 Å². The number of hydrogen-bond donors (Lipinski definition) is 1. The van der Waals surface area contributed by atoms with Gasteiger partial charge >= 0.3 is 0 Å². The van der Waals surface area contributed by atoms with Crippen LogP contribution in [0, 0.1) is 13.8 Å². The van der Waals surface area contributed by atoms with E-state index in [1.165, 1.54) is 31.3 Å². The zero-order valence-corrected chi connectivity index (χ0v) is 21.5. The largest absolute Gasteiger partial charge is 0.376 e. The van der Waals surface area contributed by atoms with E-state index in [-0.39, 0.29) is 12.0 Å². The molecular weight excluding hydrogens is 456 g/mol. The van der Waals surface area contributed by atoms with Crippen molar-refractivity contribution in [3.8, 4) is 22.0 Å². The van der Waals surface area contributed by atoms with E-state index >= 15 is 0 Å². The van der Waals surface area contributed by atoms with Crippen molar-refractivity contribution in [2.75, 3.05) is 13.2 Å². The smallest absolute Gasteiger partial charge is 0.253 e. The number of rotatable bonds is 8. The van der Waals surface area contributed by atoms with Gasteiger partial charge in [-0.05, 0) is 77.0 Å².